The van der Waals surface area contributed by atoms with Crippen molar-refractivity contribution in [3.05, 3.63) is 22.4 Å². The van der Waals surface area contributed by atoms with E-state index in [4.69, 9.17) is 0 Å². The van der Waals surface area contributed by atoms with E-state index < -0.39 is 0 Å². The van der Waals surface area contributed by atoms with Gasteiger partial charge in [0.15, 0.2) is 0 Å². The summed E-state index contributed by atoms with van der Waals surface area (Å²) in [5.41, 5.74) is 0.000219. The highest BCUT2D eigenvalue weighted by atomic mass is 16.2. The summed E-state index contributed by atoms with van der Waals surface area (Å²) in [6.45, 7) is 4.49. The number of hydrogen-bond acceptors (Lipinski definition) is 3. The van der Waals surface area contributed by atoms with Crippen LogP contribution in [0.1, 0.15) is 36.7 Å². The van der Waals surface area contributed by atoms with Gasteiger partial charge in [0.1, 0.15) is 5.69 Å². The van der Waals surface area contributed by atoms with Gasteiger partial charge in [-0.2, -0.15) is 0 Å². The first-order chi connectivity index (χ1) is 8.70. The second kappa shape index (κ2) is 5.86. The number of carbonyl (C=O) groups is 1. The van der Waals surface area contributed by atoms with E-state index in [0.717, 1.165) is 19.4 Å². The highest BCUT2D eigenvalue weighted by molar-refractivity contribution is 5.92. The van der Waals surface area contributed by atoms with Crippen LogP contribution in [0.4, 0.5) is 0 Å². The molecule has 1 aromatic heterocycles. The van der Waals surface area contributed by atoms with E-state index >= 15 is 0 Å². The summed E-state index contributed by atoms with van der Waals surface area (Å²) in [5.74, 6) is -0.107. The molecule has 2 rings (SSSR count). The van der Waals surface area contributed by atoms with Crippen molar-refractivity contribution in [3.8, 4) is 0 Å². The molecule has 100 valence electrons. The van der Waals surface area contributed by atoms with Gasteiger partial charge in [0.25, 0.3) is 5.91 Å². The Morgan fingerprint density at radius 2 is 2.39 bits per heavy atom. The van der Waals surface area contributed by atoms with E-state index in [0.29, 0.717) is 24.8 Å². The number of rotatable bonds is 5. The van der Waals surface area contributed by atoms with Crippen molar-refractivity contribution in [2.24, 2.45) is 0 Å². The molecular formula is C12H20N4O2. The molecule has 1 aliphatic heterocycles. The fourth-order valence-corrected chi connectivity index (χ4v) is 2.34. The molecular weight excluding hydrogens is 232 g/mol. The van der Waals surface area contributed by atoms with Gasteiger partial charge < -0.3 is 20.2 Å². The van der Waals surface area contributed by atoms with Gasteiger partial charge in [0.2, 0.25) is 0 Å². The minimum Gasteiger partial charge on any atom is -0.336 e. The zero-order chi connectivity index (χ0) is 13.0. The third kappa shape index (κ3) is 3.01. The van der Waals surface area contributed by atoms with Crippen LogP contribution in [0.5, 0.6) is 0 Å². The van der Waals surface area contributed by atoms with Gasteiger partial charge >= 0.3 is 5.69 Å². The highest BCUT2D eigenvalue weighted by Gasteiger charge is 2.22. The topological polar surface area (TPSA) is 81.0 Å². The van der Waals surface area contributed by atoms with Crippen LogP contribution >= 0.6 is 0 Å². The number of imidazole rings is 1. The van der Waals surface area contributed by atoms with Crippen LogP contribution in [0.2, 0.25) is 0 Å². The summed E-state index contributed by atoms with van der Waals surface area (Å²) in [6, 6.07) is 0.381. The zero-order valence-electron chi connectivity index (χ0n) is 10.7. The third-order valence-corrected chi connectivity index (χ3v) is 3.21. The van der Waals surface area contributed by atoms with Crippen molar-refractivity contribution in [2.45, 2.75) is 32.2 Å². The molecule has 1 amide bonds. The van der Waals surface area contributed by atoms with Gasteiger partial charge in [0, 0.05) is 25.3 Å². The molecule has 1 saturated heterocycles. The van der Waals surface area contributed by atoms with E-state index in [1.165, 1.54) is 12.6 Å². The minimum absolute atomic E-state index is 0.107. The van der Waals surface area contributed by atoms with Crippen molar-refractivity contribution >= 4 is 5.91 Å². The largest absolute Gasteiger partial charge is 0.336 e. The molecule has 6 nitrogen and oxygen atoms in total. The molecule has 0 aromatic carbocycles. The summed E-state index contributed by atoms with van der Waals surface area (Å²) in [6.07, 6.45) is 4.62. The van der Waals surface area contributed by atoms with Crippen LogP contribution in [-0.4, -0.2) is 46.5 Å². The fraction of sp³-hybridized carbons (Fsp3) is 0.667. The lowest BCUT2D eigenvalue weighted by Crippen LogP contribution is -2.41. The van der Waals surface area contributed by atoms with Gasteiger partial charge in [0.05, 0.1) is 0 Å². The van der Waals surface area contributed by atoms with Crippen molar-refractivity contribution in [3.63, 3.8) is 0 Å². The number of carbonyl (C=O) groups excluding carboxylic acids is 1. The minimum atomic E-state index is -0.339. The van der Waals surface area contributed by atoms with Crippen LogP contribution in [0.25, 0.3) is 0 Å². The fourth-order valence-electron chi connectivity index (χ4n) is 2.34. The number of H-pyrrole nitrogens is 2. The van der Waals surface area contributed by atoms with Crippen LogP contribution in [-0.2, 0) is 0 Å². The molecule has 0 saturated carbocycles. The van der Waals surface area contributed by atoms with Crippen molar-refractivity contribution < 1.29 is 4.79 Å². The van der Waals surface area contributed by atoms with Crippen LogP contribution in [0.15, 0.2) is 11.0 Å². The normalized spacial score (nSPS) is 19.1. The van der Waals surface area contributed by atoms with Crippen LogP contribution < -0.4 is 11.0 Å². The number of aromatic nitrogens is 2. The molecule has 1 unspecified atom stereocenters. The Labute approximate surface area is 106 Å². The molecule has 0 spiro atoms. The molecule has 2 heterocycles. The van der Waals surface area contributed by atoms with E-state index in [1.807, 2.05) is 11.8 Å². The second-order valence-corrected chi connectivity index (χ2v) is 4.70. The Hall–Kier alpha value is -1.56. The number of aromatic amines is 2. The Morgan fingerprint density at radius 1 is 1.56 bits per heavy atom. The highest BCUT2D eigenvalue weighted by Crippen LogP contribution is 2.09. The molecule has 1 atom stereocenters. The number of nitrogens with zero attached hydrogens (tertiary/aromatic N) is 1. The molecule has 1 aliphatic rings. The molecule has 0 radical (unpaired) electrons. The first-order valence-corrected chi connectivity index (χ1v) is 6.51. The molecule has 3 N–H and O–H groups in total. The van der Waals surface area contributed by atoms with E-state index in [2.05, 4.69) is 15.3 Å². The average Bonchev–Trinajstić information content (AvgIpc) is 2.99. The van der Waals surface area contributed by atoms with Gasteiger partial charge in [-0.25, -0.2) is 4.79 Å². The Morgan fingerprint density at radius 3 is 2.94 bits per heavy atom. The summed E-state index contributed by atoms with van der Waals surface area (Å²) in [7, 11) is 0. The predicted octanol–water partition coefficient (Wildman–Crippen LogP) is 0.307. The monoisotopic (exact) mass is 252 g/mol. The maximum absolute atomic E-state index is 12.2. The summed E-state index contributed by atoms with van der Waals surface area (Å²) < 4.78 is 0. The number of hydrogen-bond donors (Lipinski definition) is 3. The lowest BCUT2D eigenvalue weighted by atomic mass is 10.2. The smallest absolute Gasteiger partial charge is 0.323 e. The molecule has 1 aromatic rings. The number of amides is 1. The molecule has 6 heteroatoms. The van der Waals surface area contributed by atoms with Gasteiger partial charge in [-0.15, -0.1) is 0 Å². The van der Waals surface area contributed by atoms with Crippen LogP contribution in [0.3, 0.4) is 0 Å². The first-order valence-electron chi connectivity index (χ1n) is 6.51. The SMILES string of the molecule is CCCN(CC1CCCN1)C(=O)c1c[nH]c(=O)[nH]1. The lowest BCUT2D eigenvalue weighted by molar-refractivity contribution is 0.0736. The lowest BCUT2D eigenvalue weighted by Gasteiger charge is -2.24. The van der Waals surface area contributed by atoms with E-state index in [1.54, 1.807) is 0 Å². The predicted molar refractivity (Wildman–Crippen MR) is 68.6 cm³/mol. The standard InChI is InChI=1S/C12H20N4O2/c1-2-6-16(8-9-4-3-5-13-9)11(17)10-7-14-12(18)15-10/h7,9,13H,2-6,8H2,1H3,(H2,14,15,18). The van der Waals surface area contributed by atoms with Crippen molar-refractivity contribution in [1.82, 2.24) is 20.2 Å². The first kappa shape index (κ1) is 12.9. The second-order valence-electron chi connectivity index (χ2n) is 4.70. The zero-order valence-corrected chi connectivity index (χ0v) is 10.7. The third-order valence-electron chi connectivity index (χ3n) is 3.21. The Balaban J connectivity index is 2.03. The maximum Gasteiger partial charge on any atom is 0.323 e. The quantitative estimate of drug-likeness (QED) is 0.705. The molecule has 1 fully saturated rings. The average molecular weight is 252 g/mol. The molecule has 0 aliphatic carbocycles. The van der Waals surface area contributed by atoms with E-state index in [9.17, 15) is 9.59 Å². The molecule has 0 bridgehead atoms. The Kier molecular flexibility index (Phi) is 4.19. The van der Waals surface area contributed by atoms with Crippen molar-refractivity contribution in [2.75, 3.05) is 19.6 Å². The summed E-state index contributed by atoms with van der Waals surface area (Å²) >= 11 is 0. The summed E-state index contributed by atoms with van der Waals surface area (Å²) in [5, 5.41) is 3.38. The van der Waals surface area contributed by atoms with Crippen molar-refractivity contribution in [1.29, 1.82) is 0 Å². The van der Waals surface area contributed by atoms with E-state index in [-0.39, 0.29) is 11.6 Å². The van der Waals surface area contributed by atoms with Crippen LogP contribution in [0, 0.1) is 0 Å². The van der Waals surface area contributed by atoms with Gasteiger partial charge in [-0.3, -0.25) is 4.79 Å². The maximum atomic E-state index is 12.2. The molecule has 18 heavy (non-hydrogen) atoms. The Bertz CT molecular complexity index is 445. The summed E-state index contributed by atoms with van der Waals surface area (Å²) in [4.78, 5) is 30.1. The van der Waals surface area contributed by atoms with Gasteiger partial charge in [-0.05, 0) is 25.8 Å². The number of nitrogens with one attached hydrogen (secondary N) is 3. The van der Waals surface area contributed by atoms with Gasteiger partial charge in [-0.1, -0.05) is 6.92 Å².